The molecule has 0 bridgehead atoms. The summed E-state index contributed by atoms with van der Waals surface area (Å²) in [5.74, 6) is 0.756. The van der Waals surface area contributed by atoms with Crippen LogP contribution < -0.4 is 5.32 Å². The molecule has 2 nitrogen and oxygen atoms in total. The summed E-state index contributed by atoms with van der Waals surface area (Å²) in [5.41, 5.74) is 0.852. The van der Waals surface area contributed by atoms with E-state index < -0.39 is 0 Å². The molecule has 2 rings (SSSR count). The zero-order valence-corrected chi connectivity index (χ0v) is 11.6. The third-order valence-corrected chi connectivity index (χ3v) is 4.87. The van der Waals surface area contributed by atoms with Crippen LogP contribution in [0.5, 0.6) is 0 Å². The highest BCUT2D eigenvalue weighted by atomic mass is 15.3. The minimum Gasteiger partial charge on any atom is -0.309 e. The number of piperazine rings is 1. The van der Waals surface area contributed by atoms with Crippen LogP contribution in [0.4, 0.5) is 0 Å². The second-order valence-corrected chi connectivity index (χ2v) is 6.73. The summed E-state index contributed by atoms with van der Waals surface area (Å²) in [5, 5.41) is 3.76. The van der Waals surface area contributed by atoms with Crippen LogP contribution in [-0.4, -0.2) is 35.1 Å². The Morgan fingerprint density at radius 3 is 2.38 bits per heavy atom. The Hall–Kier alpha value is -0.0800. The molecular weight excluding hydrogens is 196 g/mol. The standard InChI is InChI=1S/C14H28N2/c1-6-13(4)10-16(14(5)7-8-14)12(9-15-13)11(2)3/h11-12,15H,6-10H2,1-5H3. The van der Waals surface area contributed by atoms with E-state index >= 15 is 0 Å². The average Bonchev–Trinajstić information content (AvgIpc) is 2.97. The van der Waals surface area contributed by atoms with Crippen molar-refractivity contribution in [2.45, 2.75) is 71.0 Å². The smallest absolute Gasteiger partial charge is 0.0278 e. The fourth-order valence-corrected chi connectivity index (χ4v) is 2.90. The number of hydrogen-bond acceptors (Lipinski definition) is 2. The molecule has 0 aromatic heterocycles. The maximum atomic E-state index is 3.76. The molecule has 0 amide bonds. The summed E-state index contributed by atoms with van der Waals surface area (Å²) in [6, 6.07) is 0.729. The Kier molecular flexibility index (Phi) is 3.09. The van der Waals surface area contributed by atoms with E-state index in [1.165, 1.54) is 25.8 Å². The van der Waals surface area contributed by atoms with E-state index in [1.54, 1.807) is 0 Å². The fraction of sp³-hybridized carbons (Fsp3) is 1.00. The van der Waals surface area contributed by atoms with Crippen molar-refractivity contribution >= 4 is 0 Å². The lowest BCUT2D eigenvalue weighted by atomic mass is 9.88. The molecule has 16 heavy (non-hydrogen) atoms. The van der Waals surface area contributed by atoms with Crippen LogP contribution in [0.25, 0.3) is 0 Å². The third kappa shape index (κ3) is 2.14. The Labute approximate surface area is 101 Å². The zero-order valence-electron chi connectivity index (χ0n) is 11.6. The largest absolute Gasteiger partial charge is 0.309 e. The highest BCUT2D eigenvalue weighted by Gasteiger charge is 2.50. The molecule has 0 radical (unpaired) electrons. The monoisotopic (exact) mass is 224 g/mol. The van der Waals surface area contributed by atoms with Crippen molar-refractivity contribution in [2.24, 2.45) is 5.92 Å². The summed E-state index contributed by atoms with van der Waals surface area (Å²) in [6.45, 7) is 14.2. The molecule has 1 saturated carbocycles. The summed E-state index contributed by atoms with van der Waals surface area (Å²) >= 11 is 0. The van der Waals surface area contributed by atoms with Gasteiger partial charge in [0, 0.05) is 30.2 Å². The fourth-order valence-electron chi connectivity index (χ4n) is 2.90. The van der Waals surface area contributed by atoms with Gasteiger partial charge in [-0.3, -0.25) is 4.90 Å². The van der Waals surface area contributed by atoms with Gasteiger partial charge in [-0.15, -0.1) is 0 Å². The van der Waals surface area contributed by atoms with Gasteiger partial charge in [0.2, 0.25) is 0 Å². The van der Waals surface area contributed by atoms with Gasteiger partial charge in [0.1, 0.15) is 0 Å². The van der Waals surface area contributed by atoms with Crippen molar-refractivity contribution in [3.05, 3.63) is 0 Å². The highest BCUT2D eigenvalue weighted by Crippen LogP contribution is 2.45. The zero-order chi connectivity index (χ0) is 12.0. The van der Waals surface area contributed by atoms with Gasteiger partial charge >= 0.3 is 0 Å². The molecule has 2 fully saturated rings. The molecule has 0 aromatic rings. The van der Waals surface area contributed by atoms with Gasteiger partial charge in [-0.1, -0.05) is 20.8 Å². The lowest BCUT2D eigenvalue weighted by molar-refractivity contribution is 0.0200. The molecular formula is C14H28N2. The molecule has 1 aliphatic carbocycles. The van der Waals surface area contributed by atoms with Crippen LogP contribution in [0.1, 0.15) is 53.9 Å². The molecule has 2 atom stereocenters. The van der Waals surface area contributed by atoms with Crippen molar-refractivity contribution < 1.29 is 0 Å². The maximum absolute atomic E-state index is 3.76. The van der Waals surface area contributed by atoms with Crippen molar-refractivity contribution in [3.63, 3.8) is 0 Å². The minimum atomic E-state index is 0.330. The summed E-state index contributed by atoms with van der Waals surface area (Å²) in [7, 11) is 0. The van der Waals surface area contributed by atoms with Gasteiger partial charge < -0.3 is 5.32 Å². The topological polar surface area (TPSA) is 15.3 Å². The van der Waals surface area contributed by atoms with Crippen LogP contribution in [0.3, 0.4) is 0 Å². The second-order valence-electron chi connectivity index (χ2n) is 6.73. The number of nitrogens with zero attached hydrogens (tertiary/aromatic N) is 1. The Morgan fingerprint density at radius 2 is 1.94 bits per heavy atom. The lowest BCUT2D eigenvalue weighted by Gasteiger charge is -2.50. The third-order valence-electron chi connectivity index (χ3n) is 4.87. The van der Waals surface area contributed by atoms with E-state index in [2.05, 4.69) is 44.8 Å². The van der Waals surface area contributed by atoms with Gasteiger partial charge in [-0.05, 0) is 39.0 Å². The Morgan fingerprint density at radius 1 is 1.31 bits per heavy atom. The maximum Gasteiger partial charge on any atom is 0.0278 e. The second kappa shape index (κ2) is 3.99. The Bertz CT molecular complexity index is 257. The van der Waals surface area contributed by atoms with E-state index in [1.807, 2.05) is 0 Å². The molecule has 2 unspecified atom stereocenters. The molecule has 2 heteroatoms. The van der Waals surface area contributed by atoms with E-state index in [4.69, 9.17) is 0 Å². The SMILES string of the molecule is CCC1(C)CN(C2(C)CC2)C(C(C)C)CN1. The van der Waals surface area contributed by atoms with Gasteiger partial charge in [0.15, 0.2) is 0 Å². The molecule has 2 aliphatic rings. The van der Waals surface area contributed by atoms with Gasteiger partial charge in [-0.2, -0.15) is 0 Å². The Balaban J connectivity index is 2.13. The van der Waals surface area contributed by atoms with Gasteiger partial charge in [-0.25, -0.2) is 0 Å². The summed E-state index contributed by atoms with van der Waals surface area (Å²) in [4.78, 5) is 2.80. The molecule has 94 valence electrons. The normalized spacial score (nSPS) is 39.0. The molecule has 1 N–H and O–H groups in total. The summed E-state index contributed by atoms with van der Waals surface area (Å²) < 4.78 is 0. The van der Waals surface area contributed by atoms with Crippen LogP contribution in [0.15, 0.2) is 0 Å². The van der Waals surface area contributed by atoms with E-state index in [9.17, 15) is 0 Å². The first-order valence-corrected chi connectivity index (χ1v) is 6.92. The highest BCUT2D eigenvalue weighted by molar-refractivity contribution is 5.08. The van der Waals surface area contributed by atoms with Crippen molar-refractivity contribution in [1.29, 1.82) is 0 Å². The van der Waals surface area contributed by atoms with Crippen molar-refractivity contribution in [1.82, 2.24) is 10.2 Å². The number of rotatable bonds is 3. The first kappa shape index (κ1) is 12.4. The van der Waals surface area contributed by atoms with Crippen LogP contribution >= 0.6 is 0 Å². The van der Waals surface area contributed by atoms with Gasteiger partial charge in [0.25, 0.3) is 0 Å². The molecule has 1 aliphatic heterocycles. The average molecular weight is 224 g/mol. The first-order valence-electron chi connectivity index (χ1n) is 6.92. The van der Waals surface area contributed by atoms with E-state index in [0.717, 1.165) is 18.5 Å². The summed E-state index contributed by atoms with van der Waals surface area (Å²) in [6.07, 6.45) is 4.02. The van der Waals surface area contributed by atoms with E-state index in [0.29, 0.717) is 11.1 Å². The van der Waals surface area contributed by atoms with Crippen molar-refractivity contribution in [2.75, 3.05) is 13.1 Å². The molecule has 0 spiro atoms. The molecule has 1 heterocycles. The lowest BCUT2D eigenvalue weighted by Crippen LogP contribution is -2.66. The van der Waals surface area contributed by atoms with Crippen molar-refractivity contribution in [3.8, 4) is 0 Å². The van der Waals surface area contributed by atoms with E-state index in [-0.39, 0.29) is 0 Å². The quantitative estimate of drug-likeness (QED) is 0.793. The number of nitrogens with one attached hydrogen (secondary N) is 1. The molecule has 0 aromatic carbocycles. The van der Waals surface area contributed by atoms with Gasteiger partial charge in [0.05, 0.1) is 0 Å². The predicted molar refractivity (Wildman–Crippen MR) is 69.7 cm³/mol. The van der Waals surface area contributed by atoms with Crippen LogP contribution in [-0.2, 0) is 0 Å². The molecule has 1 saturated heterocycles. The number of hydrogen-bond donors (Lipinski definition) is 1. The van der Waals surface area contributed by atoms with Crippen LogP contribution in [0.2, 0.25) is 0 Å². The minimum absolute atomic E-state index is 0.330. The van der Waals surface area contributed by atoms with Crippen LogP contribution in [0, 0.1) is 5.92 Å². The predicted octanol–water partition coefficient (Wildman–Crippen LogP) is 2.64. The first-order chi connectivity index (χ1) is 7.40.